The van der Waals surface area contributed by atoms with Crippen molar-refractivity contribution in [3.8, 4) is 0 Å². The van der Waals surface area contributed by atoms with Gasteiger partial charge in [0.2, 0.25) is 0 Å². The molecule has 1 fully saturated rings. The topological polar surface area (TPSA) is 65.7 Å². The van der Waals surface area contributed by atoms with Gasteiger partial charge in [0.15, 0.2) is 5.96 Å². The van der Waals surface area contributed by atoms with Crippen LogP contribution in [0.1, 0.15) is 43.2 Å². The molecular weight excluding hydrogens is 290 g/mol. The summed E-state index contributed by atoms with van der Waals surface area (Å²) in [5, 5.41) is 10.7. The minimum absolute atomic E-state index is 0.832. The third-order valence-electron chi connectivity index (χ3n) is 4.33. The Morgan fingerprint density at radius 2 is 2.00 bits per heavy atom. The van der Waals surface area contributed by atoms with E-state index in [-0.39, 0.29) is 0 Å². The maximum absolute atomic E-state index is 5.20. The molecule has 6 heteroatoms. The number of aryl methyl sites for hydroxylation is 2. The summed E-state index contributed by atoms with van der Waals surface area (Å²) in [4.78, 5) is 7.20. The highest BCUT2D eigenvalue weighted by molar-refractivity contribution is 5.79. The smallest absolute Gasteiger partial charge is 0.191 e. The maximum Gasteiger partial charge on any atom is 0.191 e. The van der Waals surface area contributed by atoms with Crippen molar-refractivity contribution in [1.29, 1.82) is 0 Å². The fourth-order valence-corrected chi connectivity index (χ4v) is 2.99. The second-order valence-corrected chi connectivity index (χ2v) is 6.14. The zero-order valence-corrected chi connectivity index (χ0v) is 14.8. The number of hydrogen-bond acceptors (Lipinski definition) is 4. The predicted octanol–water partition coefficient (Wildman–Crippen LogP) is 1.87. The third kappa shape index (κ3) is 5.86. The SMILES string of the molecule is CCNC(=NCCN1CCCCC1)NCCc1c(C)noc1C. The molecule has 0 saturated carbocycles. The molecule has 1 saturated heterocycles. The Morgan fingerprint density at radius 3 is 2.65 bits per heavy atom. The van der Waals surface area contributed by atoms with Crippen LogP contribution in [0.2, 0.25) is 0 Å². The number of guanidine groups is 1. The van der Waals surface area contributed by atoms with Crippen LogP contribution in [0.25, 0.3) is 0 Å². The number of rotatable bonds is 7. The van der Waals surface area contributed by atoms with Crippen molar-refractivity contribution in [2.45, 2.75) is 46.5 Å². The average Bonchev–Trinajstić information content (AvgIpc) is 2.88. The molecule has 2 rings (SSSR count). The van der Waals surface area contributed by atoms with Gasteiger partial charge in [-0.05, 0) is 53.1 Å². The molecule has 23 heavy (non-hydrogen) atoms. The highest BCUT2D eigenvalue weighted by Gasteiger charge is 2.10. The van der Waals surface area contributed by atoms with E-state index >= 15 is 0 Å². The molecule has 0 bridgehead atoms. The molecule has 0 unspecified atom stereocenters. The lowest BCUT2D eigenvalue weighted by Gasteiger charge is -2.25. The lowest BCUT2D eigenvalue weighted by Crippen LogP contribution is -2.39. The number of nitrogens with zero attached hydrogens (tertiary/aromatic N) is 3. The Morgan fingerprint density at radius 1 is 1.22 bits per heavy atom. The summed E-state index contributed by atoms with van der Waals surface area (Å²) < 4.78 is 5.20. The van der Waals surface area contributed by atoms with E-state index in [1.165, 1.54) is 37.9 Å². The highest BCUT2D eigenvalue weighted by atomic mass is 16.5. The first-order valence-corrected chi connectivity index (χ1v) is 8.87. The summed E-state index contributed by atoms with van der Waals surface area (Å²) in [6.07, 6.45) is 4.95. The molecule has 6 nitrogen and oxygen atoms in total. The van der Waals surface area contributed by atoms with Gasteiger partial charge in [-0.25, -0.2) is 0 Å². The molecule has 0 aromatic carbocycles. The summed E-state index contributed by atoms with van der Waals surface area (Å²) in [5.74, 6) is 1.81. The Kier molecular flexibility index (Phi) is 7.39. The van der Waals surface area contributed by atoms with E-state index in [0.29, 0.717) is 0 Å². The minimum Gasteiger partial charge on any atom is -0.361 e. The molecule has 1 aromatic heterocycles. The normalized spacial score (nSPS) is 16.6. The van der Waals surface area contributed by atoms with Gasteiger partial charge in [-0.3, -0.25) is 4.99 Å². The first-order valence-electron chi connectivity index (χ1n) is 8.87. The van der Waals surface area contributed by atoms with E-state index in [1.807, 2.05) is 13.8 Å². The zero-order valence-electron chi connectivity index (χ0n) is 14.8. The number of nitrogens with one attached hydrogen (secondary N) is 2. The standard InChI is InChI=1S/C17H31N5O/c1-4-18-17(20-10-13-22-11-6-5-7-12-22)19-9-8-16-14(2)21-23-15(16)3/h4-13H2,1-3H3,(H2,18,19,20). The van der Waals surface area contributed by atoms with E-state index in [4.69, 9.17) is 4.52 Å². The van der Waals surface area contributed by atoms with Gasteiger partial charge >= 0.3 is 0 Å². The van der Waals surface area contributed by atoms with Crippen molar-refractivity contribution in [1.82, 2.24) is 20.7 Å². The van der Waals surface area contributed by atoms with Crippen molar-refractivity contribution in [3.05, 3.63) is 17.0 Å². The largest absolute Gasteiger partial charge is 0.361 e. The van der Waals surface area contributed by atoms with Gasteiger partial charge in [-0.1, -0.05) is 11.6 Å². The van der Waals surface area contributed by atoms with Crippen molar-refractivity contribution in [2.24, 2.45) is 4.99 Å². The quantitative estimate of drug-likeness (QED) is 0.593. The first kappa shape index (κ1) is 17.8. The Hall–Kier alpha value is -1.56. The van der Waals surface area contributed by atoms with Gasteiger partial charge in [-0.15, -0.1) is 0 Å². The van der Waals surface area contributed by atoms with Crippen LogP contribution in [-0.4, -0.2) is 55.3 Å². The zero-order chi connectivity index (χ0) is 16.5. The molecule has 1 aliphatic heterocycles. The average molecular weight is 321 g/mol. The van der Waals surface area contributed by atoms with Gasteiger partial charge in [0, 0.05) is 25.2 Å². The number of likely N-dealkylation sites (tertiary alicyclic amines) is 1. The summed E-state index contributed by atoms with van der Waals surface area (Å²) in [6, 6.07) is 0. The van der Waals surface area contributed by atoms with Gasteiger partial charge in [0.25, 0.3) is 0 Å². The fourth-order valence-electron chi connectivity index (χ4n) is 2.99. The Balaban J connectivity index is 1.74. The van der Waals surface area contributed by atoms with E-state index in [2.05, 4.69) is 32.6 Å². The molecular formula is C17H31N5O. The van der Waals surface area contributed by atoms with Crippen molar-refractivity contribution in [3.63, 3.8) is 0 Å². The van der Waals surface area contributed by atoms with Crippen molar-refractivity contribution in [2.75, 3.05) is 39.3 Å². The summed E-state index contributed by atoms with van der Waals surface area (Å²) in [6.45, 7) is 12.1. The lowest BCUT2D eigenvalue weighted by atomic mass is 10.1. The van der Waals surface area contributed by atoms with Gasteiger partial charge < -0.3 is 20.1 Å². The number of hydrogen-bond donors (Lipinski definition) is 2. The minimum atomic E-state index is 0.832. The van der Waals surface area contributed by atoms with Crippen LogP contribution in [-0.2, 0) is 6.42 Å². The molecule has 2 heterocycles. The van der Waals surface area contributed by atoms with Crippen LogP contribution in [0.4, 0.5) is 0 Å². The monoisotopic (exact) mass is 321 g/mol. The van der Waals surface area contributed by atoms with E-state index in [1.54, 1.807) is 0 Å². The van der Waals surface area contributed by atoms with Gasteiger partial charge in [-0.2, -0.15) is 0 Å². The molecule has 1 aromatic rings. The van der Waals surface area contributed by atoms with Crippen LogP contribution in [0.15, 0.2) is 9.52 Å². The van der Waals surface area contributed by atoms with Crippen LogP contribution in [0.3, 0.4) is 0 Å². The van der Waals surface area contributed by atoms with Crippen molar-refractivity contribution >= 4 is 5.96 Å². The molecule has 130 valence electrons. The number of aromatic nitrogens is 1. The van der Waals surface area contributed by atoms with Crippen LogP contribution in [0, 0.1) is 13.8 Å². The Labute approximate surface area is 139 Å². The van der Waals surface area contributed by atoms with E-state index < -0.39 is 0 Å². The summed E-state index contributed by atoms with van der Waals surface area (Å²) in [7, 11) is 0. The second-order valence-electron chi connectivity index (χ2n) is 6.14. The van der Waals surface area contributed by atoms with E-state index in [0.717, 1.165) is 50.0 Å². The fraction of sp³-hybridized carbons (Fsp3) is 0.765. The molecule has 2 N–H and O–H groups in total. The van der Waals surface area contributed by atoms with Crippen LogP contribution >= 0.6 is 0 Å². The number of aliphatic imine (C=N–C) groups is 1. The second kappa shape index (κ2) is 9.55. The summed E-state index contributed by atoms with van der Waals surface area (Å²) >= 11 is 0. The van der Waals surface area contributed by atoms with E-state index in [9.17, 15) is 0 Å². The van der Waals surface area contributed by atoms with Crippen molar-refractivity contribution < 1.29 is 4.52 Å². The number of piperidine rings is 1. The molecule has 0 atom stereocenters. The Bertz CT molecular complexity index is 472. The molecule has 0 aliphatic carbocycles. The third-order valence-corrected chi connectivity index (χ3v) is 4.33. The molecule has 0 radical (unpaired) electrons. The first-order chi connectivity index (χ1) is 11.2. The molecule has 0 amide bonds. The maximum atomic E-state index is 5.20. The molecule has 1 aliphatic rings. The lowest BCUT2D eigenvalue weighted by molar-refractivity contribution is 0.235. The van der Waals surface area contributed by atoms with Gasteiger partial charge in [0.05, 0.1) is 12.2 Å². The van der Waals surface area contributed by atoms with Crippen LogP contribution < -0.4 is 10.6 Å². The predicted molar refractivity (Wildman–Crippen MR) is 94.0 cm³/mol. The molecule has 0 spiro atoms. The van der Waals surface area contributed by atoms with Gasteiger partial charge in [0.1, 0.15) is 5.76 Å². The highest BCUT2D eigenvalue weighted by Crippen LogP contribution is 2.12. The van der Waals surface area contributed by atoms with Crippen LogP contribution in [0.5, 0.6) is 0 Å². The summed E-state index contributed by atoms with van der Waals surface area (Å²) in [5.41, 5.74) is 2.18.